The van der Waals surface area contributed by atoms with E-state index in [0.717, 1.165) is 0 Å². The highest BCUT2D eigenvalue weighted by Crippen LogP contribution is 2.33. The van der Waals surface area contributed by atoms with Crippen molar-refractivity contribution in [2.75, 3.05) is 11.9 Å². The summed E-state index contributed by atoms with van der Waals surface area (Å²) in [5.41, 5.74) is 9.41. The van der Waals surface area contributed by atoms with Gasteiger partial charge < -0.3 is 20.5 Å². The van der Waals surface area contributed by atoms with Gasteiger partial charge in [0.2, 0.25) is 0 Å². The molecule has 1 unspecified atom stereocenters. The maximum Gasteiger partial charge on any atom is 0.262 e. The summed E-state index contributed by atoms with van der Waals surface area (Å²) < 4.78 is 37.6. The third-order valence-electron chi connectivity index (χ3n) is 5.17. The molecule has 12 heteroatoms. The first-order valence-electron chi connectivity index (χ1n) is 11.7. The number of ether oxygens (including phenoxy) is 2. The lowest BCUT2D eigenvalue weighted by Gasteiger charge is -2.22. The van der Waals surface area contributed by atoms with Crippen LogP contribution in [0.5, 0.6) is 11.5 Å². The van der Waals surface area contributed by atoms with E-state index in [2.05, 4.69) is 31.5 Å². The summed E-state index contributed by atoms with van der Waals surface area (Å²) in [4.78, 5) is 15.5. The molecule has 0 aromatic heterocycles. The minimum absolute atomic E-state index is 0.0292. The number of anilines is 1. The van der Waals surface area contributed by atoms with Crippen LogP contribution in [0.15, 0.2) is 76.1 Å². The number of rotatable bonds is 12. The second kappa shape index (κ2) is 12.8. The van der Waals surface area contributed by atoms with Gasteiger partial charge in [0.25, 0.3) is 15.9 Å². The molecule has 3 rings (SSSR count). The summed E-state index contributed by atoms with van der Waals surface area (Å²) in [5, 5.41) is 10.7. The van der Waals surface area contributed by atoms with Gasteiger partial charge in [-0.15, -0.1) is 4.83 Å². The molecule has 0 spiro atoms. The van der Waals surface area contributed by atoms with Crippen molar-refractivity contribution >= 4 is 43.4 Å². The number of benzene rings is 3. The van der Waals surface area contributed by atoms with Crippen LogP contribution in [-0.2, 0) is 14.8 Å². The van der Waals surface area contributed by atoms with Gasteiger partial charge in [0, 0.05) is 15.7 Å². The average Bonchev–Trinajstić information content (AvgIpc) is 2.87. The lowest BCUT2D eigenvalue weighted by atomic mass is 10.0. The fourth-order valence-corrected chi connectivity index (χ4v) is 5.30. The van der Waals surface area contributed by atoms with Crippen LogP contribution in [0.4, 0.5) is 5.69 Å². The normalized spacial score (nSPS) is 12.0. The van der Waals surface area contributed by atoms with E-state index in [1.165, 1.54) is 6.07 Å². The van der Waals surface area contributed by atoms with Gasteiger partial charge in [0.05, 0.1) is 17.6 Å². The maximum absolute atomic E-state index is 13.4. The summed E-state index contributed by atoms with van der Waals surface area (Å²) in [5.74, 6) is 0.204. The number of hydrogen-bond acceptors (Lipinski definition) is 7. The Kier molecular flexibility index (Phi) is 9.72. The van der Waals surface area contributed by atoms with Crippen LogP contribution < -0.4 is 30.8 Å². The van der Waals surface area contributed by atoms with E-state index in [9.17, 15) is 13.2 Å². The molecule has 202 valence electrons. The highest BCUT2D eigenvalue weighted by atomic mass is 79.9. The van der Waals surface area contributed by atoms with Crippen LogP contribution in [0.3, 0.4) is 0 Å². The van der Waals surface area contributed by atoms with Gasteiger partial charge in [0.15, 0.2) is 11.5 Å². The molecule has 0 bridgehead atoms. The molecule has 1 amide bonds. The molecule has 0 aliphatic rings. The lowest BCUT2D eigenvalue weighted by Crippen LogP contribution is -2.45. The van der Waals surface area contributed by atoms with Crippen molar-refractivity contribution in [1.29, 1.82) is 5.41 Å². The molecule has 10 nitrogen and oxygen atoms in total. The Bertz CT molecular complexity index is 1400. The Morgan fingerprint density at radius 3 is 2.34 bits per heavy atom. The molecule has 0 saturated carbocycles. The first kappa shape index (κ1) is 29.0. The molecule has 0 aliphatic carbocycles. The van der Waals surface area contributed by atoms with E-state index in [1.807, 2.05) is 20.8 Å². The van der Waals surface area contributed by atoms with E-state index in [-0.39, 0.29) is 16.8 Å². The molecular formula is C26H30BrN5O5S. The summed E-state index contributed by atoms with van der Waals surface area (Å²) in [6.07, 6.45) is -0.0937. The fourth-order valence-electron chi connectivity index (χ4n) is 3.44. The SMILES string of the molecule is CCOc1cc(C(Nc2ccc(C(=N)N)cc2)C(=O)NNS(=O)(=O)c2ccccc2Br)ccc1OC(C)C. The third-order valence-corrected chi connectivity index (χ3v) is 7.43. The highest BCUT2D eigenvalue weighted by molar-refractivity contribution is 9.10. The fraction of sp³-hybridized carbons (Fsp3) is 0.231. The number of nitrogens with two attached hydrogens (primary N) is 1. The number of hydrogen-bond donors (Lipinski definition) is 5. The van der Waals surface area contributed by atoms with Crippen molar-refractivity contribution in [3.8, 4) is 11.5 Å². The van der Waals surface area contributed by atoms with Crippen molar-refractivity contribution in [1.82, 2.24) is 10.3 Å². The second-order valence-electron chi connectivity index (χ2n) is 8.40. The van der Waals surface area contributed by atoms with Crippen LogP contribution in [0.2, 0.25) is 0 Å². The van der Waals surface area contributed by atoms with E-state index < -0.39 is 22.0 Å². The molecule has 38 heavy (non-hydrogen) atoms. The number of carbonyl (C=O) groups is 1. The molecule has 0 saturated heterocycles. The molecule has 3 aromatic carbocycles. The average molecular weight is 605 g/mol. The molecule has 1 atom stereocenters. The van der Waals surface area contributed by atoms with Gasteiger partial charge >= 0.3 is 0 Å². The molecule has 0 fully saturated rings. The second-order valence-corrected chi connectivity index (χ2v) is 10.9. The first-order valence-corrected chi connectivity index (χ1v) is 14.0. The maximum atomic E-state index is 13.4. The summed E-state index contributed by atoms with van der Waals surface area (Å²) >= 11 is 3.22. The van der Waals surface area contributed by atoms with Crippen molar-refractivity contribution in [2.24, 2.45) is 5.73 Å². The molecule has 0 radical (unpaired) electrons. The van der Waals surface area contributed by atoms with Crippen molar-refractivity contribution in [3.63, 3.8) is 0 Å². The Morgan fingerprint density at radius 1 is 1.05 bits per heavy atom. The number of halogens is 1. The molecule has 0 aliphatic heterocycles. The zero-order valence-corrected chi connectivity index (χ0v) is 23.5. The highest BCUT2D eigenvalue weighted by Gasteiger charge is 2.25. The summed E-state index contributed by atoms with van der Waals surface area (Å²) in [6, 6.07) is 16.9. The predicted octanol–water partition coefficient (Wildman–Crippen LogP) is 4.08. The van der Waals surface area contributed by atoms with E-state index in [0.29, 0.717) is 39.4 Å². The van der Waals surface area contributed by atoms with Gasteiger partial charge in [-0.1, -0.05) is 18.2 Å². The summed E-state index contributed by atoms with van der Waals surface area (Å²) in [6.45, 7) is 5.99. The Hall–Kier alpha value is -3.61. The number of nitrogens with one attached hydrogen (secondary N) is 4. The first-order chi connectivity index (χ1) is 18.0. The number of nitrogen functional groups attached to an aromatic ring is 1. The quantitative estimate of drug-likeness (QED) is 0.119. The number of sulfonamides is 1. The lowest BCUT2D eigenvalue weighted by molar-refractivity contribution is -0.122. The van der Waals surface area contributed by atoms with E-state index >= 15 is 0 Å². The van der Waals surface area contributed by atoms with Crippen LogP contribution in [0, 0.1) is 5.41 Å². The molecule has 0 heterocycles. The third kappa shape index (κ3) is 7.46. The number of amidine groups is 1. The zero-order valence-electron chi connectivity index (χ0n) is 21.1. The largest absolute Gasteiger partial charge is 0.490 e. The molecule has 6 N–H and O–H groups in total. The Morgan fingerprint density at radius 2 is 1.74 bits per heavy atom. The molecular weight excluding hydrogens is 574 g/mol. The van der Waals surface area contributed by atoms with Crippen LogP contribution in [-0.4, -0.2) is 32.9 Å². The van der Waals surface area contributed by atoms with Crippen LogP contribution in [0.25, 0.3) is 0 Å². The van der Waals surface area contributed by atoms with Crippen LogP contribution >= 0.6 is 15.9 Å². The van der Waals surface area contributed by atoms with Crippen molar-refractivity contribution in [3.05, 3.63) is 82.3 Å². The van der Waals surface area contributed by atoms with Gasteiger partial charge in [-0.2, -0.15) is 0 Å². The minimum Gasteiger partial charge on any atom is -0.490 e. The Balaban J connectivity index is 1.94. The van der Waals surface area contributed by atoms with Crippen molar-refractivity contribution in [2.45, 2.75) is 37.8 Å². The minimum atomic E-state index is -4.07. The standard InChI is InChI=1S/C26H30BrN5O5S/c1-4-36-22-15-18(11-14-21(22)37-16(2)3)24(30-19-12-9-17(10-13-19)25(28)29)26(33)31-32-38(34,35)23-8-6-5-7-20(23)27/h5-16,24,30,32H,4H2,1-3H3,(H3,28,29)(H,31,33). The van der Waals surface area contributed by atoms with E-state index in [1.54, 1.807) is 60.7 Å². The van der Waals surface area contributed by atoms with E-state index in [4.69, 9.17) is 20.6 Å². The summed E-state index contributed by atoms with van der Waals surface area (Å²) in [7, 11) is -4.07. The van der Waals surface area contributed by atoms with Gasteiger partial charge in [-0.3, -0.25) is 15.6 Å². The van der Waals surface area contributed by atoms with Gasteiger partial charge in [-0.05, 0) is 90.8 Å². The van der Waals surface area contributed by atoms with Gasteiger partial charge in [-0.25, -0.2) is 8.42 Å². The predicted molar refractivity (Wildman–Crippen MR) is 150 cm³/mol. The topological polar surface area (TPSA) is 156 Å². The monoisotopic (exact) mass is 603 g/mol. The van der Waals surface area contributed by atoms with Gasteiger partial charge in [0.1, 0.15) is 11.9 Å². The van der Waals surface area contributed by atoms with Crippen molar-refractivity contribution < 1.29 is 22.7 Å². The number of hydrazine groups is 1. The zero-order chi connectivity index (χ0) is 27.9. The molecule has 3 aromatic rings. The number of amides is 1. The van der Waals surface area contributed by atoms with Crippen LogP contribution in [0.1, 0.15) is 37.9 Å². The Labute approximate surface area is 230 Å². The smallest absolute Gasteiger partial charge is 0.262 e. The number of carbonyl (C=O) groups excluding carboxylic acids is 1.